The normalized spacial score (nSPS) is 14.3. The number of nitrogens with one attached hydrogen (secondary N) is 1. The number of phosphoric acid groups is 1. The molecule has 0 aliphatic carbocycles. The number of hydrogen-bond donors (Lipinski definition) is 3. The van der Waals surface area contributed by atoms with Crippen LogP contribution in [0.2, 0.25) is 0 Å². The van der Waals surface area contributed by atoms with Gasteiger partial charge in [0.1, 0.15) is 0 Å². The Morgan fingerprint density at radius 2 is 2.04 bits per heavy atom. The van der Waals surface area contributed by atoms with E-state index >= 15 is 0 Å². The van der Waals surface area contributed by atoms with Gasteiger partial charge in [0.15, 0.2) is 11.5 Å². The number of benzene rings is 1. The highest BCUT2D eigenvalue weighted by atomic mass is 31.2. The maximum Gasteiger partial charge on any atom is 0.469 e. The van der Waals surface area contributed by atoms with Crippen LogP contribution in [0.1, 0.15) is 57.1 Å². The fourth-order valence-electron chi connectivity index (χ4n) is 2.76. The van der Waals surface area contributed by atoms with E-state index in [1.807, 2.05) is 0 Å². The smallest absolute Gasteiger partial charge is 0.454 e. The van der Waals surface area contributed by atoms with Crippen LogP contribution in [0, 0.1) is 0 Å². The van der Waals surface area contributed by atoms with E-state index in [1.165, 1.54) is 0 Å². The van der Waals surface area contributed by atoms with E-state index in [9.17, 15) is 9.36 Å². The summed E-state index contributed by atoms with van der Waals surface area (Å²) < 4.78 is 26.4. The lowest BCUT2D eigenvalue weighted by atomic mass is 10.0. The predicted molar refractivity (Wildman–Crippen MR) is 94.8 cm³/mol. The van der Waals surface area contributed by atoms with E-state index in [-0.39, 0.29) is 19.3 Å². The molecule has 0 radical (unpaired) electrons. The molecule has 0 saturated carbocycles. The lowest BCUT2D eigenvalue weighted by Crippen LogP contribution is -2.31. The van der Waals surface area contributed by atoms with Crippen LogP contribution in [0.4, 0.5) is 0 Å². The molecule has 8 nitrogen and oxygen atoms in total. The molecule has 1 atom stereocenters. The van der Waals surface area contributed by atoms with Crippen molar-refractivity contribution >= 4 is 13.7 Å². The quantitative estimate of drug-likeness (QED) is 0.395. The molecule has 0 fully saturated rings. The third-order valence-electron chi connectivity index (χ3n) is 4.05. The predicted octanol–water partition coefficient (Wildman–Crippen LogP) is 3.04. The molecule has 1 aromatic rings. The van der Waals surface area contributed by atoms with E-state index in [1.54, 1.807) is 18.2 Å². The van der Waals surface area contributed by atoms with Gasteiger partial charge in [0.2, 0.25) is 12.7 Å². The zero-order chi connectivity index (χ0) is 19.0. The van der Waals surface area contributed by atoms with Crippen LogP contribution < -0.4 is 14.8 Å². The van der Waals surface area contributed by atoms with Gasteiger partial charge >= 0.3 is 7.82 Å². The molecule has 1 aromatic carbocycles. The molecule has 1 aliphatic rings. The fourth-order valence-corrected chi connectivity index (χ4v) is 3.11. The van der Waals surface area contributed by atoms with Crippen LogP contribution in [-0.4, -0.2) is 29.1 Å². The van der Waals surface area contributed by atoms with Gasteiger partial charge in [-0.05, 0) is 12.5 Å². The van der Waals surface area contributed by atoms with Gasteiger partial charge < -0.3 is 24.6 Å². The minimum atomic E-state index is -4.66. The highest BCUT2D eigenvalue weighted by molar-refractivity contribution is 7.46. The van der Waals surface area contributed by atoms with E-state index in [0.29, 0.717) is 23.5 Å². The van der Waals surface area contributed by atoms with Crippen molar-refractivity contribution in [3.05, 3.63) is 23.8 Å². The highest BCUT2D eigenvalue weighted by Crippen LogP contribution is 2.41. The van der Waals surface area contributed by atoms with E-state index < -0.39 is 13.9 Å². The lowest BCUT2D eigenvalue weighted by Gasteiger charge is -2.21. The second-order valence-corrected chi connectivity index (χ2v) is 7.39. The number of amides is 1. The van der Waals surface area contributed by atoms with Crippen LogP contribution in [0.5, 0.6) is 11.5 Å². The van der Waals surface area contributed by atoms with Crippen molar-refractivity contribution in [3.8, 4) is 11.5 Å². The summed E-state index contributed by atoms with van der Waals surface area (Å²) in [5.74, 6) is 0.782. The third kappa shape index (κ3) is 6.61. The zero-order valence-corrected chi connectivity index (χ0v) is 15.7. The van der Waals surface area contributed by atoms with Crippen LogP contribution >= 0.6 is 7.82 Å². The van der Waals surface area contributed by atoms with Crippen LogP contribution in [0.3, 0.4) is 0 Å². The maximum absolute atomic E-state index is 12.3. The molecule has 0 spiro atoms. The summed E-state index contributed by atoms with van der Waals surface area (Å²) in [6.07, 6.45) is 5.46. The van der Waals surface area contributed by atoms with Gasteiger partial charge in [-0.2, -0.15) is 0 Å². The second-order valence-electron chi connectivity index (χ2n) is 6.15. The number of para-hydroxylation sites is 1. The molecule has 1 heterocycles. The number of hydrogen-bond acceptors (Lipinski definition) is 5. The summed E-state index contributed by atoms with van der Waals surface area (Å²) in [5.41, 5.74) is 0.563. The molecule has 1 aliphatic heterocycles. The standard InChI is InChI=1S/C17H26NO7P/c1-2-3-4-5-6-10-16(19)18-14(11-25-26(20,21)22)13-8-7-9-15-17(13)24-12-23-15/h7-9,14H,2-6,10-12H2,1H3,(H,18,19)(H2,20,21,22). The zero-order valence-electron chi connectivity index (χ0n) is 14.8. The largest absolute Gasteiger partial charge is 0.469 e. The molecule has 1 unspecified atom stereocenters. The topological polar surface area (TPSA) is 114 Å². The number of carbonyl (C=O) groups is 1. The van der Waals surface area contributed by atoms with E-state index in [4.69, 9.17) is 19.3 Å². The van der Waals surface area contributed by atoms with Crippen molar-refractivity contribution in [2.45, 2.75) is 51.5 Å². The molecular weight excluding hydrogens is 361 g/mol. The Kier molecular flexibility index (Phi) is 7.90. The molecule has 2 rings (SSSR count). The Morgan fingerprint density at radius 1 is 1.27 bits per heavy atom. The van der Waals surface area contributed by atoms with Crippen LogP contribution in [0.25, 0.3) is 0 Å². The first-order valence-corrected chi connectivity index (χ1v) is 10.3. The van der Waals surface area contributed by atoms with Gasteiger partial charge in [-0.15, -0.1) is 0 Å². The molecule has 0 aromatic heterocycles. The van der Waals surface area contributed by atoms with E-state index in [0.717, 1.165) is 32.1 Å². The third-order valence-corrected chi connectivity index (χ3v) is 4.54. The Bertz CT molecular complexity index is 646. The van der Waals surface area contributed by atoms with Crippen molar-refractivity contribution in [3.63, 3.8) is 0 Å². The summed E-state index contributed by atoms with van der Waals surface area (Å²) >= 11 is 0. The van der Waals surface area contributed by atoms with Crippen molar-refractivity contribution in [2.75, 3.05) is 13.4 Å². The first kappa shape index (κ1) is 20.7. The number of fused-ring (bicyclic) bond motifs is 1. The molecule has 0 saturated heterocycles. The highest BCUT2D eigenvalue weighted by Gasteiger charge is 2.27. The SMILES string of the molecule is CCCCCCCC(=O)NC(COP(=O)(O)O)c1cccc2c1OCO2. The molecule has 9 heteroatoms. The summed E-state index contributed by atoms with van der Waals surface area (Å²) in [7, 11) is -4.66. The Morgan fingerprint density at radius 3 is 2.77 bits per heavy atom. The average molecular weight is 387 g/mol. The first-order valence-electron chi connectivity index (χ1n) is 8.78. The number of phosphoric ester groups is 1. The van der Waals surface area contributed by atoms with Gasteiger partial charge in [-0.1, -0.05) is 44.7 Å². The molecule has 3 N–H and O–H groups in total. The van der Waals surface area contributed by atoms with Gasteiger partial charge in [0.05, 0.1) is 12.6 Å². The molecule has 146 valence electrons. The van der Waals surface area contributed by atoms with Crippen LogP contribution in [0.15, 0.2) is 18.2 Å². The van der Waals surface area contributed by atoms with Gasteiger partial charge in [-0.25, -0.2) is 4.57 Å². The summed E-state index contributed by atoms with van der Waals surface area (Å²) in [4.78, 5) is 30.2. The number of carbonyl (C=O) groups excluding carboxylic acids is 1. The van der Waals surface area contributed by atoms with Crippen molar-refractivity contribution < 1.29 is 33.1 Å². The fraction of sp³-hybridized carbons (Fsp3) is 0.588. The van der Waals surface area contributed by atoms with Crippen molar-refractivity contribution in [1.29, 1.82) is 0 Å². The second kappa shape index (κ2) is 9.92. The Labute approximate surface area is 153 Å². The van der Waals surface area contributed by atoms with Crippen LogP contribution in [-0.2, 0) is 13.9 Å². The summed E-state index contributed by atoms with van der Waals surface area (Å²) in [6, 6.07) is 4.41. The summed E-state index contributed by atoms with van der Waals surface area (Å²) in [5, 5.41) is 2.78. The Hall–Kier alpha value is -1.60. The van der Waals surface area contributed by atoms with Crippen molar-refractivity contribution in [2.24, 2.45) is 0 Å². The van der Waals surface area contributed by atoms with Gasteiger partial charge in [-0.3, -0.25) is 9.32 Å². The van der Waals surface area contributed by atoms with Gasteiger partial charge in [0.25, 0.3) is 0 Å². The number of unbranched alkanes of at least 4 members (excludes halogenated alkanes) is 4. The van der Waals surface area contributed by atoms with E-state index in [2.05, 4.69) is 16.8 Å². The lowest BCUT2D eigenvalue weighted by molar-refractivity contribution is -0.122. The molecular formula is C17H26NO7P. The molecule has 1 amide bonds. The number of rotatable bonds is 11. The van der Waals surface area contributed by atoms with Crippen molar-refractivity contribution in [1.82, 2.24) is 5.32 Å². The molecule has 26 heavy (non-hydrogen) atoms. The first-order chi connectivity index (χ1) is 12.4. The minimum absolute atomic E-state index is 0.0593. The minimum Gasteiger partial charge on any atom is -0.454 e. The average Bonchev–Trinajstić information content (AvgIpc) is 3.06. The van der Waals surface area contributed by atoms with Gasteiger partial charge in [0, 0.05) is 12.0 Å². The summed E-state index contributed by atoms with van der Waals surface area (Å²) in [6.45, 7) is 1.82. The maximum atomic E-state index is 12.3. The molecule has 0 bridgehead atoms. The monoisotopic (exact) mass is 387 g/mol. The Balaban J connectivity index is 2.01. The number of ether oxygens (including phenoxy) is 2.